The molecule has 1 atom stereocenters. The van der Waals surface area contributed by atoms with Crippen LogP contribution in [0, 0.1) is 11.3 Å². The minimum atomic E-state index is -3.26. The molecule has 7 heteroatoms. The first kappa shape index (κ1) is 13.7. The third kappa shape index (κ3) is 2.67. The minimum Gasteiger partial charge on any atom is -0.286 e. The van der Waals surface area contributed by atoms with Crippen LogP contribution in [0.4, 0.5) is 0 Å². The van der Waals surface area contributed by atoms with Gasteiger partial charge in [-0.3, -0.25) is 4.90 Å². The van der Waals surface area contributed by atoms with Gasteiger partial charge in [0.05, 0.1) is 12.1 Å². The van der Waals surface area contributed by atoms with Gasteiger partial charge in [-0.2, -0.15) is 22.3 Å². The van der Waals surface area contributed by atoms with Crippen molar-refractivity contribution < 1.29 is 8.42 Å². The Bertz CT molecular complexity index is 417. The molecule has 0 bridgehead atoms. The van der Waals surface area contributed by atoms with Gasteiger partial charge in [-0.1, -0.05) is 0 Å². The number of hydrogen-bond donors (Lipinski definition) is 0. The molecule has 0 aromatic heterocycles. The summed E-state index contributed by atoms with van der Waals surface area (Å²) < 4.78 is 27.7. The van der Waals surface area contributed by atoms with Crippen molar-refractivity contribution in [3.8, 4) is 6.07 Å². The summed E-state index contributed by atoms with van der Waals surface area (Å²) in [5.41, 5.74) is 0. The van der Waals surface area contributed by atoms with E-state index in [-0.39, 0.29) is 6.04 Å². The lowest BCUT2D eigenvalue weighted by Gasteiger charge is -2.36. The molecular formula is C11H20N4O2S. The summed E-state index contributed by atoms with van der Waals surface area (Å²) in [6.45, 7) is 5.41. The van der Waals surface area contributed by atoms with Gasteiger partial charge in [0.25, 0.3) is 10.2 Å². The molecule has 0 amide bonds. The summed E-state index contributed by atoms with van der Waals surface area (Å²) in [6.07, 6.45) is 1.93. The lowest BCUT2D eigenvalue weighted by molar-refractivity contribution is 0.165. The van der Waals surface area contributed by atoms with Crippen LogP contribution in [0.2, 0.25) is 0 Å². The molecular weight excluding hydrogens is 252 g/mol. The average Bonchev–Trinajstić information content (AvgIpc) is 2.92. The Morgan fingerprint density at radius 1 is 1.00 bits per heavy atom. The van der Waals surface area contributed by atoms with Crippen molar-refractivity contribution in [1.29, 1.82) is 5.26 Å². The molecule has 2 heterocycles. The van der Waals surface area contributed by atoms with Gasteiger partial charge in [-0.25, -0.2) is 0 Å². The second-order valence-corrected chi connectivity index (χ2v) is 6.78. The van der Waals surface area contributed by atoms with Gasteiger partial charge >= 0.3 is 0 Å². The highest BCUT2D eigenvalue weighted by Crippen LogP contribution is 2.18. The van der Waals surface area contributed by atoms with Crippen LogP contribution in [-0.4, -0.2) is 67.2 Å². The third-order valence-electron chi connectivity index (χ3n) is 3.73. The van der Waals surface area contributed by atoms with E-state index < -0.39 is 10.2 Å². The highest BCUT2D eigenvalue weighted by Gasteiger charge is 2.34. The summed E-state index contributed by atoms with van der Waals surface area (Å²) >= 11 is 0. The molecule has 102 valence electrons. The molecule has 2 aliphatic heterocycles. The van der Waals surface area contributed by atoms with Crippen LogP contribution < -0.4 is 0 Å². The number of rotatable bonds is 3. The number of nitrogens with zero attached hydrogens (tertiary/aromatic N) is 4. The minimum absolute atomic E-state index is 0.137. The van der Waals surface area contributed by atoms with Crippen LogP contribution in [0.5, 0.6) is 0 Å². The summed E-state index contributed by atoms with van der Waals surface area (Å²) in [5.74, 6) is 0. The zero-order valence-corrected chi connectivity index (χ0v) is 11.6. The van der Waals surface area contributed by atoms with E-state index in [4.69, 9.17) is 5.26 Å². The topological polar surface area (TPSA) is 67.6 Å². The molecule has 6 nitrogen and oxygen atoms in total. The summed E-state index contributed by atoms with van der Waals surface area (Å²) in [5, 5.41) is 8.85. The molecule has 0 aromatic carbocycles. The summed E-state index contributed by atoms with van der Waals surface area (Å²) in [7, 11) is -3.26. The first-order chi connectivity index (χ1) is 8.55. The standard InChI is InChI=1S/C11H20N4O2S/c1-11(10-12)13-6-8-15(9-7-13)18(16,17)14-4-2-3-5-14/h11H,2-9H2,1H3. The fourth-order valence-corrected chi connectivity index (χ4v) is 4.16. The normalized spacial score (nSPS) is 26.0. The Morgan fingerprint density at radius 3 is 2.00 bits per heavy atom. The highest BCUT2D eigenvalue weighted by atomic mass is 32.2. The maximum atomic E-state index is 12.3. The zero-order chi connectivity index (χ0) is 13.2. The number of hydrogen-bond acceptors (Lipinski definition) is 4. The molecule has 0 spiro atoms. The van der Waals surface area contributed by atoms with E-state index in [1.165, 1.54) is 0 Å². The SMILES string of the molecule is CC(C#N)N1CCN(S(=O)(=O)N2CCCC2)CC1. The third-order valence-corrected chi connectivity index (χ3v) is 5.76. The van der Waals surface area contributed by atoms with Crippen LogP contribution >= 0.6 is 0 Å². The Hall–Kier alpha value is -0.680. The van der Waals surface area contributed by atoms with Gasteiger partial charge in [0.15, 0.2) is 0 Å². The molecule has 2 fully saturated rings. The van der Waals surface area contributed by atoms with Gasteiger partial charge in [-0.05, 0) is 19.8 Å². The second kappa shape index (κ2) is 5.53. The first-order valence-corrected chi connectivity index (χ1v) is 7.84. The van der Waals surface area contributed by atoms with Crippen molar-refractivity contribution in [2.75, 3.05) is 39.3 Å². The van der Waals surface area contributed by atoms with Crippen molar-refractivity contribution in [3.05, 3.63) is 0 Å². The molecule has 0 aromatic rings. The van der Waals surface area contributed by atoms with E-state index in [1.807, 2.05) is 11.8 Å². The molecule has 1 unspecified atom stereocenters. The fraction of sp³-hybridized carbons (Fsp3) is 0.909. The predicted octanol–water partition coefficient (Wildman–Crippen LogP) is -0.143. The van der Waals surface area contributed by atoms with E-state index >= 15 is 0 Å². The number of piperazine rings is 1. The predicted molar refractivity (Wildman–Crippen MR) is 67.9 cm³/mol. The Labute approximate surface area is 109 Å². The van der Waals surface area contributed by atoms with E-state index in [0.717, 1.165) is 12.8 Å². The van der Waals surface area contributed by atoms with Crippen LogP contribution in [-0.2, 0) is 10.2 Å². The van der Waals surface area contributed by atoms with Crippen LogP contribution in [0.15, 0.2) is 0 Å². The molecule has 2 rings (SSSR count). The van der Waals surface area contributed by atoms with Crippen LogP contribution in [0.1, 0.15) is 19.8 Å². The van der Waals surface area contributed by atoms with Gasteiger partial charge < -0.3 is 0 Å². The molecule has 2 saturated heterocycles. The van der Waals surface area contributed by atoms with Crippen LogP contribution in [0.3, 0.4) is 0 Å². The summed E-state index contributed by atoms with van der Waals surface area (Å²) in [6, 6.07) is 2.05. The zero-order valence-electron chi connectivity index (χ0n) is 10.7. The van der Waals surface area contributed by atoms with Crippen molar-refractivity contribution in [2.45, 2.75) is 25.8 Å². The molecule has 0 aliphatic carbocycles. The number of nitriles is 1. The van der Waals surface area contributed by atoms with Gasteiger partial charge in [-0.15, -0.1) is 0 Å². The smallest absolute Gasteiger partial charge is 0.282 e. The molecule has 2 aliphatic rings. The monoisotopic (exact) mass is 272 g/mol. The quantitative estimate of drug-likeness (QED) is 0.717. The van der Waals surface area contributed by atoms with E-state index in [0.29, 0.717) is 39.3 Å². The second-order valence-electron chi connectivity index (χ2n) is 4.85. The Balaban J connectivity index is 1.95. The first-order valence-electron chi connectivity index (χ1n) is 6.44. The molecule has 0 radical (unpaired) electrons. The molecule has 0 saturated carbocycles. The fourth-order valence-electron chi connectivity index (χ4n) is 2.49. The maximum absolute atomic E-state index is 12.3. The largest absolute Gasteiger partial charge is 0.286 e. The lowest BCUT2D eigenvalue weighted by atomic mass is 10.2. The maximum Gasteiger partial charge on any atom is 0.282 e. The van der Waals surface area contributed by atoms with Gasteiger partial charge in [0.2, 0.25) is 0 Å². The average molecular weight is 272 g/mol. The lowest BCUT2D eigenvalue weighted by Crippen LogP contribution is -2.54. The van der Waals surface area contributed by atoms with Crippen molar-refractivity contribution >= 4 is 10.2 Å². The van der Waals surface area contributed by atoms with Crippen molar-refractivity contribution in [1.82, 2.24) is 13.5 Å². The van der Waals surface area contributed by atoms with E-state index in [1.54, 1.807) is 8.61 Å². The van der Waals surface area contributed by atoms with Crippen LogP contribution in [0.25, 0.3) is 0 Å². The summed E-state index contributed by atoms with van der Waals surface area (Å²) in [4.78, 5) is 2.02. The van der Waals surface area contributed by atoms with E-state index in [2.05, 4.69) is 6.07 Å². The van der Waals surface area contributed by atoms with Crippen molar-refractivity contribution in [3.63, 3.8) is 0 Å². The van der Waals surface area contributed by atoms with E-state index in [9.17, 15) is 8.42 Å². The van der Waals surface area contributed by atoms with Crippen molar-refractivity contribution in [2.24, 2.45) is 0 Å². The molecule has 0 N–H and O–H groups in total. The Morgan fingerprint density at radius 2 is 1.50 bits per heavy atom. The highest BCUT2D eigenvalue weighted by molar-refractivity contribution is 7.86. The molecule has 18 heavy (non-hydrogen) atoms. The van der Waals surface area contributed by atoms with Gasteiger partial charge in [0, 0.05) is 39.3 Å². The Kier molecular flexibility index (Phi) is 4.22. The van der Waals surface area contributed by atoms with Gasteiger partial charge in [0.1, 0.15) is 0 Å².